The zero-order valence-electron chi connectivity index (χ0n) is 10.3. The second-order valence-corrected chi connectivity index (χ2v) is 3.81. The molecule has 19 heavy (non-hydrogen) atoms. The summed E-state index contributed by atoms with van der Waals surface area (Å²) in [6.45, 7) is 0.468. The number of anilines is 1. The maximum Gasteiger partial charge on any atom is 0.335 e. The van der Waals surface area contributed by atoms with Crippen LogP contribution in [-0.2, 0) is 4.79 Å². The molecule has 0 fully saturated rings. The van der Waals surface area contributed by atoms with E-state index in [-0.39, 0.29) is 29.1 Å². The molecular weight excluding hydrogens is 252 g/mol. The Morgan fingerprint density at radius 3 is 2.00 bits per heavy atom. The second-order valence-electron chi connectivity index (χ2n) is 3.81. The maximum absolute atomic E-state index is 11.5. The molecule has 0 atom stereocenters. The zero-order valence-corrected chi connectivity index (χ0v) is 10.3. The van der Waals surface area contributed by atoms with E-state index in [4.69, 9.17) is 10.2 Å². The summed E-state index contributed by atoms with van der Waals surface area (Å²) in [5.74, 6) is -2.84. The summed E-state index contributed by atoms with van der Waals surface area (Å²) < 4.78 is 0. The van der Waals surface area contributed by atoms with Crippen molar-refractivity contribution in [1.82, 2.24) is 5.32 Å². The molecule has 1 amide bonds. The molecule has 0 bridgehead atoms. The average molecular weight is 266 g/mol. The molecule has 0 aliphatic heterocycles. The summed E-state index contributed by atoms with van der Waals surface area (Å²) in [4.78, 5) is 33.2. The van der Waals surface area contributed by atoms with Gasteiger partial charge in [-0.2, -0.15) is 0 Å². The molecule has 0 spiro atoms. The van der Waals surface area contributed by atoms with Crippen LogP contribution in [-0.4, -0.2) is 41.7 Å². The number of hydrogen-bond acceptors (Lipinski definition) is 4. The van der Waals surface area contributed by atoms with E-state index in [1.807, 2.05) is 0 Å². The maximum atomic E-state index is 11.5. The third-order valence-electron chi connectivity index (χ3n) is 2.31. The van der Waals surface area contributed by atoms with Crippen molar-refractivity contribution in [3.63, 3.8) is 0 Å². The highest BCUT2D eigenvalue weighted by molar-refractivity contribution is 5.98. The Morgan fingerprint density at radius 1 is 1.05 bits per heavy atom. The first-order valence-electron chi connectivity index (χ1n) is 5.50. The quantitative estimate of drug-likeness (QED) is 0.600. The number of carboxylic acid groups (broad SMARTS) is 2. The van der Waals surface area contributed by atoms with E-state index in [2.05, 4.69) is 10.6 Å². The van der Waals surface area contributed by atoms with E-state index in [0.717, 1.165) is 6.07 Å². The van der Waals surface area contributed by atoms with E-state index >= 15 is 0 Å². The highest BCUT2D eigenvalue weighted by atomic mass is 16.4. The van der Waals surface area contributed by atoms with Gasteiger partial charge in [0, 0.05) is 18.7 Å². The average Bonchev–Trinajstić information content (AvgIpc) is 2.35. The molecule has 102 valence electrons. The molecule has 1 aromatic carbocycles. The monoisotopic (exact) mass is 266 g/mol. The van der Waals surface area contributed by atoms with Gasteiger partial charge in [-0.25, -0.2) is 9.59 Å². The van der Waals surface area contributed by atoms with Gasteiger partial charge in [0.15, 0.2) is 0 Å². The van der Waals surface area contributed by atoms with Gasteiger partial charge in [0.2, 0.25) is 5.91 Å². The van der Waals surface area contributed by atoms with Crippen LogP contribution < -0.4 is 10.6 Å². The van der Waals surface area contributed by atoms with Gasteiger partial charge in [0.05, 0.1) is 11.1 Å². The normalized spacial score (nSPS) is 9.95. The Bertz CT molecular complexity index is 481. The Kier molecular flexibility index (Phi) is 5.01. The first-order chi connectivity index (χ1) is 8.93. The van der Waals surface area contributed by atoms with Crippen LogP contribution in [0.5, 0.6) is 0 Å². The van der Waals surface area contributed by atoms with Crippen molar-refractivity contribution in [2.24, 2.45) is 0 Å². The van der Waals surface area contributed by atoms with Gasteiger partial charge in [-0.1, -0.05) is 0 Å². The lowest BCUT2D eigenvalue weighted by Gasteiger charge is -2.07. The lowest BCUT2D eigenvalue weighted by atomic mass is 10.1. The van der Waals surface area contributed by atoms with E-state index < -0.39 is 11.9 Å². The first-order valence-corrected chi connectivity index (χ1v) is 5.50. The summed E-state index contributed by atoms with van der Waals surface area (Å²) in [6.07, 6.45) is 0.205. The molecule has 1 aromatic rings. The number of amides is 1. The predicted octanol–water partition coefficient (Wildman–Crippen LogP) is 0.631. The molecule has 0 unspecified atom stereocenters. The van der Waals surface area contributed by atoms with Gasteiger partial charge in [0.25, 0.3) is 0 Å². The van der Waals surface area contributed by atoms with Gasteiger partial charge in [-0.3, -0.25) is 4.79 Å². The molecule has 7 heteroatoms. The minimum absolute atomic E-state index is 0.151. The van der Waals surface area contributed by atoms with Crippen molar-refractivity contribution < 1.29 is 24.6 Å². The van der Waals surface area contributed by atoms with Crippen molar-refractivity contribution in [2.75, 3.05) is 18.9 Å². The molecule has 0 saturated carbocycles. The summed E-state index contributed by atoms with van der Waals surface area (Å²) >= 11 is 0. The van der Waals surface area contributed by atoms with Crippen molar-refractivity contribution >= 4 is 23.5 Å². The van der Waals surface area contributed by atoms with Crippen LogP contribution in [0.25, 0.3) is 0 Å². The summed E-state index contributed by atoms with van der Waals surface area (Å²) in [7, 11) is 1.70. The number of carbonyl (C=O) groups excluding carboxylic acids is 1. The highest BCUT2D eigenvalue weighted by Gasteiger charge is 2.12. The summed E-state index contributed by atoms with van der Waals surface area (Å²) in [5, 5.41) is 23.0. The number of carbonyl (C=O) groups is 3. The molecule has 0 saturated heterocycles. The standard InChI is InChI=1S/C12H14N2O5/c1-13-3-2-10(15)14-9-5-7(11(16)17)4-8(6-9)12(18)19/h4-6,13H,2-3H2,1H3,(H,14,15)(H,16,17)(H,18,19). The van der Waals surface area contributed by atoms with Gasteiger partial charge >= 0.3 is 11.9 Å². The second kappa shape index (κ2) is 6.50. The summed E-state index contributed by atoms with van der Waals surface area (Å²) in [5.41, 5.74) is -0.231. The number of nitrogens with one attached hydrogen (secondary N) is 2. The van der Waals surface area contributed by atoms with Crippen molar-refractivity contribution in [2.45, 2.75) is 6.42 Å². The Balaban J connectivity index is 2.96. The van der Waals surface area contributed by atoms with Gasteiger partial charge < -0.3 is 20.8 Å². The van der Waals surface area contributed by atoms with Crippen molar-refractivity contribution in [3.05, 3.63) is 29.3 Å². The predicted molar refractivity (Wildman–Crippen MR) is 67.5 cm³/mol. The lowest BCUT2D eigenvalue weighted by molar-refractivity contribution is -0.116. The van der Waals surface area contributed by atoms with Gasteiger partial charge in [0.1, 0.15) is 0 Å². The first kappa shape index (κ1) is 14.7. The molecule has 0 aliphatic carbocycles. The molecule has 1 rings (SSSR count). The fourth-order valence-corrected chi connectivity index (χ4v) is 1.41. The molecule has 0 heterocycles. The lowest BCUT2D eigenvalue weighted by Crippen LogP contribution is -2.19. The number of rotatable bonds is 6. The highest BCUT2D eigenvalue weighted by Crippen LogP contribution is 2.15. The fraction of sp³-hybridized carbons (Fsp3) is 0.250. The fourth-order valence-electron chi connectivity index (χ4n) is 1.41. The van der Waals surface area contributed by atoms with Crippen LogP contribution in [0.2, 0.25) is 0 Å². The van der Waals surface area contributed by atoms with Crippen molar-refractivity contribution in [1.29, 1.82) is 0 Å². The van der Waals surface area contributed by atoms with Crippen LogP contribution >= 0.6 is 0 Å². The number of aromatic carboxylic acids is 2. The largest absolute Gasteiger partial charge is 0.478 e. The van der Waals surface area contributed by atoms with E-state index in [9.17, 15) is 14.4 Å². The molecule has 0 radical (unpaired) electrons. The number of hydrogen-bond donors (Lipinski definition) is 4. The topological polar surface area (TPSA) is 116 Å². The Labute approximate surface area is 109 Å². The van der Waals surface area contributed by atoms with Crippen LogP contribution in [0.3, 0.4) is 0 Å². The van der Waals surface area contributed by atoms with Gasteiger partial charge in [-0.15, -0.1) is 0 Å². The molecule has 4 N–H and O–H groups in total. The summed E-state index contributed by atoms with van der Waals surface area (Å²) in [6, 6.07) is 3.46. The minimum atomic E-state index is -1.26. The van der Waals surface area contributed by atoms with Crippen LogP contribution in [0.1, 0.15) is 27.1 Å². The zero-order chi connectivity index (χ0) is 14.4. The van der Waals surface area contributed by atoms with Crippen LogP contribution in [0, 0.1) is 0 Å². The van der Waals surface area contributed by atoms with Crippen LogP contribution in [0.4, 0.5) is 5.69 Å². The molecular formula is C12H14N2O5. The Hall–Kier alpha value is -2.41. The smallest absolute Gasteiger partial charge is 0.335 e. The third kappa shape index (κ3) is 4.40. The molecule has 7 nitrogen and oxygen atoms in total. The van der Waals surface area contributed by atoms with Gasteiger partial charge in [-0.05, 0) is 25.2 Å². The van der Waals surface area contributed by atoms with Crippen molar-refractivity contribution in [3.8, 4) is 0 Å². The number of carboxylic acids is 2. The van der Waals surface area contributed by atoms with Crippen LogP contribution in [0.15, 0.2) is 18.2 Å². The molecule has 0 aliphatic rings. The molecule has 0 aromatic heterocycles. The Morgan fingerprint density at radius 2 is 1.58 bits per heavy atom. The number of benzene rings is 1. The van der Waals surface area contributed by atoms with E-state index in [0.29, 0.717) is 6.54 Å². The SMILES string of the molecule is CNCCC(=O)Nc1cc(C(=O)O)cc(C(=O)O)c1. The van der Waals surface area contributed by atoms with E-state index in [1.165, 1.54) is 12.1 Å². The minimum Gasteiger partial charge on any atom is -0.478 e. The van der Waals surface area contributed by atoms with E-state index in [1.54, 1.807) is 7.05 Å². The third-order valence-corrected chi connectivity index (χ3v) is 2.31.